The number of rotatable bonds is 5. The van der Waals surface area contributed by atoms with Crippen molar-refractivity contribution in [2.24, 2.45) is 0 Å². The van der Waals surface area contributed by atoms with Gasteiger partial charge in [-0.2, -0.15) is 0 Å². The number of nitrogens with one attached hydrogen (secondary N) is 1. The van der Waals surface area contributed by atoms with Gasteiger partial charge in [0.1, 0.15) is 0 Å². The molecule has 0 aliphatic rings. The summed E-state index contributed by atoms with van der Waals surface area (Å²) in [6, 6.07) is 13.1. The second-order valence-electron chi connectivity index (χ2n) is 5.28. The third-order valence-electron chi connectivity index (χ3n) is 3.45. The number of hydrogen-bond donors (Lipinski definition) is 1. The summed E-state index contributed by atoms with van der Waals surface area (Å²) in [6.07, 6.45) is 0.123. The van der Waals surface area contributed by atoms with Crippen molar-refractivity contribution in [3.8, 4) is 0 Å². The standard InChI is InChI=1S/C18H18BrNO3/c1-12-7-8-15(9-13(12)2)20-17(21)11-23-18(22)10-14-5-3-4-6-16(14)19/h3-9H,10-11H2,1-2H3,(H,20,21). The lowest BCUT2D eigenvalue weighted by atomic mass is 10.1. The molecule has 0 aliphatic carbocycles. The molecule has 0 spiro atoms. The fourth-order valence-corrected chi connectivity index (χ4v) is 2.44. The number of halogens is 1. The fourth-order valence-electron chi connectivity index (χ4n) is 2.01. The highest BCUT2D eigenvalue weighted by Gasteiger charge is 2.10. The maximum Gasteiger partial charge on any atom is 0.310 e. The number of carbonyl (C=O) groups is 2. The molecule has 0 unspecified atom stereocenters. The number of esters is 1. The van der Waals surface area contributed by atoms with Crippen LogP contribution in [0.15, 0.2) is 46.9 Å². The first kappa shape index (κ1) is 17.2. The van der Waals surface area contributed by atoms with Crippen molar-refractivity contribution in [3.05, 3.63) is 63.6 Å². The quantitative estimate of drug-likeness (QED) is 0.808. The van der Waals surface area contributed by atoms with Gasteiger partial charge in [-0.1, -0.05) is 40.2 Å². The van der Waals surface area contributed by atoms with Gasteiger partial charge in [-0.15, -0.1) is 0 Å². The zero-order chi connectivity index (χ0) is 16.8. The summed E-state index contributed by atoms with van der Waals surface area (Å²) in [5, 5.41) is 2.72. The minimum absolute atomic E-state index is 0.123. The molecule has 0 bridgehead atoms. The van der Waals surface area contributed by atoms with E-state index in [0.717, 1.165) is 21.2 Å². The van der Waals surface area contributed by atoms with Crippen LogP contribution in [0.1, 0.15) is 16.7 Å². The first-order chi connectivity index (χ1) is 11.0. The van der Waals surface area contributed by atoms with E-state index >= 15 is 0 Å². The van der Waals surface area contributed by atoms with E-state index in [-0.39, 0.29) is 18.9 Å². The molecule has 0 aliphatic heterocycles. The van der Waals surface area contributed by atoms with Crippen molar-refractivity contribution >= 4 is 33.5 Å². The minimum atomic E-state index is -0.438. The van der Waals surface area contributed by atoms with Crippen LogP contribution in [0.4, 0.5) is 5.69 Å². The second kappa shape index (κ2) is 7.92. The maximum atomic E-state index is 11.8. The van der Waals surface area contributed by atoms with E-state index < -0.39 is 5.97 Å². The van der Waals surface area contributed by atoms with Crippen molar-refractivity contribution in [2.45, 2.75) is 20.3 Å². The van der Waals surface area contributed by atoms with E-state index in [0.29, 0.717) is 5.69 Å². The van der Waals surface area contributed by atoms with Crippen molar-refractivity contribution in [1.82, 2.24) is 0 Å². The molecule has 2 aromatic rings. The van der Waals surface area contributed by atoms with Crippen LogP contribution in [0.3, 0.4) is 0 Å². The van der Waals surface area contributed by atoms with Crippen molar-refractivity contribution < 1.29 is 14.3 Å². The third kappa shape index (κ3) is 5.21. The molecule has 120 valence electrons. The van der Waals surface area contributed by atoms with E-state index in [1.54, 1.807) is 0 Å². The molecule has 0 heterocycles. The summed E-state index contributed by atoms with van der Waals surface area (Å²) >= 11 is 3.37. The van der Waals surface area contributed by atoms with Crippen LogP contribution < -0.4 is 5.32 Å². The Bertz CT molecular complexity index is 728. The lowest BCUT2D eigenvalue weighted by molar-refractivity contribution is -0.146. The van der Waals surface area contributed by atoms with Crippen LogP contribution in [0.25, 0.3) is 0 Å². The van der Waals surface area contributed by atoms with Crippen molar-refractivity contribution in [2.75, 3.05) is 11.9 Å². The van der Waals surface area contributed by atoms with E-state index in [2.05, 4.69) is 21.2 Å². The van der Waals surface area contributed by atoms with Gasteiger partial charge >= 0.3 is 5.97 Å². The van der Waals surface area contributed by atoms with Gasteiger partial charge in [0.25, 0.3) is 5.91 Å². The summed E-state index contributed by atoms with van der Waals surface area (Å²) < 4.78 is 5.86. The fraction of sp³-hybridized carbons (Fsp3) is 0.222. The largest absolute Gasteiger partial charge is 0.455 e. The van der Waals surface area contributed by atoms with E-state index in [9.17, 15) is 9.59 Å². The molecule has 0 fully saturated rings. The van der Waals surface area contributed by atoms with Crippen LogP contribution >= 0.6 is 15.9 Å². The zero-order valence-electron chi connectivity index (χ0n) is 13.1. The van der Waals surface area contributed by atoms with Crippen LogP contribution in [-0.4, -0.2) is 18.5 Å². The van der Waals surface area contributed by atoms with Crippen LogP contribution in [0.5, 0.6) is 0 Å². The number of anilines is 1. The van der Waals surface area contributed by atoms with Crippen LogP contribution in [-0.2, 0) is 20.7 Å². The van der Waals surface area contributed by atoms with Gasteiger partial charge in [-0.25, -0.2) is 0 Å². The predicted molar refractivity (Wildman–Crippen MR) is 93.4 cm³/mol. The second-order valence-corrected chi connectivity index (χ2v) is 6.13. The molecular formula is C18H18BrNO3. The number of aryl methyl sites for hydroxylation is 2. The molecule has 0 aromatic heterocycles. The molecular weight excluding hydrogens is 358 g/mol. The number of ether oxygens (including phenoxy) is 1. The summed E-state index contributed by atoms with van der Waals surface area (Å²) in [4.78, 5) is 23.6. The number of amides is 1. The highest BCUT2D eigenvalue weighted by Crippen LogP contribution is 2.17. The number of carbonyl (C=O) groups excluding carboxylic acids is 2. The molecule has 2 aromatic carbocycles. The van der Waals surface area contributed by atoms with E-state index in [4.69, 9.17) is 4.74 Å². The summed E-state index contributed by atoms with van der Waals surface area (Å²) in [5.74, 6) is -0.791. The lowest BCUT2D eigenvalue weighted by Crippen LogP contribution is -2.21. The maximum absolute atomic E-state index is 11.8. The van der Waals surface area contributed by atoms with Crippen LogP contribution in [0.2, 0.25) is 0 Å². The highest BCUT2D eigenvalue weighted by atomic mass is 79.9. The van der Waals surface area contributed by atoms with Gasteiger partial charge in [0.15, 0.2) is 6.61 Å². The Hall–Kier alpha value is -2.14. The van der Waals surface area contributed by atoms with E-state index in [1.807, 2.05) is 56.3 Å². The van der Waals surface area contributed by atoms with Gasteiger partial charge in [-0.3, -0.25) is 9.59 Å². The first-order valence-corrected chi connectivity index (χ1v) is 8.01. The molecule has 1 amide bonds. The molecule has 23 heavy (non-hydrogen) atoms. The molecule has 4 nitrogen and oxygen atoms in total. The van der Waals surface area contributed by atoms with Crippen LogP contribution in [0, 0.1) is 13.8 Å². The van der Waals surface area contributed by atoms with Gasteiger partial charge in [0.05, 0.1) is 6.42 Å². The average Bonchev–Trinajstić information content (AvgIpc) is 2.51. The molecule has 1 N–H and O–H groups in total. The molecule has 5 heteroatoms. The summed E-state index contributed by atoms with van der Waals surface area (Å²) in [6.45, 7) is 3.68. The Morgan fingerprint density at radius 2 is 1.83 bits per heavy atom. The Kier molecular flexibility index (Phi) is 5.93. The normalized spacial score (nSPS) is 10.2. The molecule has 0 saturated heterocycles. The van der Waals surface area contributed by atoms with Gasteiger partial charge in [0.2, 0.25) is 0 Å². The highest BCUT2D eigenvalue weighted by molar-refractivity contribution is 9.10. The molecule has 0 atom stereocenters. The van der Waals surface area contributed by atoms with Gasteiger partial charge in [0, 0.05) is 10.2 Å². The van der Waals surface area contributed by atoms with Crippen molar-refractivity contribution in [3.63, 3.8) is 0 Å². The minimum Gasteiger partial charge on any atom is -0.455 e. The van der Waals surface area contributed by atoms with Gasteiger partial charge < -0.3 is 10.1 Å². The zero-order valence-corrected chi connectivity index (χ0v) is 14.6. The average molecular weight is 376 g/mol. The Balaban J connectivity index is 1.83. The first-order valence-electron chi connectivity index (χ1n) is 7.22. The molecule has 0 radical (unpaired) electrons. The Labute approximate surface area is 144 Å². The predicted octanol–water partition coefficient (Wildman–Crippen LogP) is 3.79. The number of benzene rings is 2. The SMILES string of the molecule is Cc1ccc(NC(=O)COC(=O)Cc2ccccc2Br)cc1C. The molecule has 2 rings (SSSR count). The Morgan fingerprint density at radius 1 is 1.09 bits per heavy atom. The Morgan fingerprint density at radius 3 is 2.52 bits per heavy atom. The summed E-state index contributed by atoms with van der Waals surface area (Å²) in [7, 11) is 0. The van der Waals surface area contributed by atoms with E-state index in [1.165, 1.54) is 0 Å². The monoisotopic (exact) mass is 375 g/mol. The smallest absolute Gasteiger partial charge is 0.310 e. The van der Waals surface area contributed by atoms with Crippen molar-refractivity contribution in [1.29, 1.82) is 0 Å². The summed E-state index contributed by atoms with van der Waals surface area (Å²) in [5.41, 5.74) is 3.77. The lowest BCUT2D eigenvalue weighted by Gasteiger charge is -2.09. The topological polar surface area (TPSA) is 55.4 Å². The molecule has 0 saturated carbocycles. The van der Waals surface area contributed by atoms with Gasteiger partial charge in [-0.05, 0) is 48.7 Å². The third-order valence-corrected chi connectivity index (χ3v) is 4.22. The number of hydrogen-bond acceptors (Lipinski definition) is 3.